The molecule has 0 bridgehead atoms. The summed E-state index contributed by atoms with van der Waals surface area (Å²) in [6.45, 7) is 1.73. The summed E-state index contributed by atoms with van der Waals surface area (Å²) in [4.78, 5) is 25.9. The van der Waals surface area contributed by atoms with Gasteiger partial charge in [0.05, 0.1) is 18.2 Å². The van der Waals surface area contributed by atoms with Crippen molar-refractivity contribution < 1.29 is 9.66 Å². The molecule has 0 atom stereocenters. The fourth-order valence-corrected chi connectivity index (χ4v) is 3.26. The molecule has 2 aromatic carbocycles. The number of para-hydroxylation sites is 1. The largest absolute Gasteiger partial charge is 0.496 e. The SMILES string of the molecule is COc1ccccc1C=NNc1nc(Nc2ccc([N+](=O)[O-])cc2)nc(N2CCCC2)n1. The number of nitro benzene ring substituents is 1. The van der Waals surface area contributed by atoms with Crippen LogP contribution >= 0.6 is 0 Å². The van der Waals surface area contributed by atoms with E-state index >= 15 is 0 Å². The quantitative estimate of drug-likeness (QED) is 0.310. The number of non-ortho nitro benzene ring substituents is 1. The van der Waals surface area contributed by atoms with Crippen LogP contribution in [0.3, 0.4) is 0 Å². The second-order valence-electron chi connectivity index (χ2n) is 7.02. The summed E-state index contributed by atoms with van der Waals surface area (Å²) in [7, 11) is 1.60. The zero-order valence-corrected chi connectivity index (χ0v) is 17.4. The molecule has 1 aliphatic heterocycles. The predicted octanol–water partition coefficient (Wildman–Crippen LogP) is 3.58. The van der Waals surface area contributed by atoms with Crippen molar-refractivity contribution in [2.45, 2.75) is 12.8 Å². The Bertz CT molecular complexity index is 1110. The van der Waals surface area contributed by atoms with Gasteiger partial charge in [-0.1, -0.05) is 12.1 Å². The second kappa shape index (κ2) is 9.69. The molecule has 11 heteroatoms. The van der Waals surface area contributed by atoms with Crippen molar-refractivity contribution in [2.75, 3.05) is 35.8 Å². The molecule has 0 unspecified atom stereocenters. The first kappa shape index (κ1) is 21.0. The lowest BCUT2D eigenvalue weighted by Crippen LogP contribution is -2.21. The molecule has 0 saturated carbocycles. The molecule has 1 aromatic heterocycles. The van der Waals surface area contributed by atoms with E-state index in [1.54, 1.807) is 25.5 Å². The topological polar surface area (TPSA) is 131 Å². The Hall–Kier alpha value is -4.28. The van der Waals surface area contributed by atoms with E-state index in [2.05, 4.69) is 35.7 Å². The molecule has 2 N–H and O–H groups in total. The monoisotopic (exact) mass is 434 g/mol. The minimum Gasteiger partial charge on any atom is -0.496 e. The van der Waals surface area contributed by atoms with Gasteiger partial charge in [0.25, 0.3) is 5.69 Å². The molecule has 11 nitrogen and oxygen atoms in total. The van der Waals surface area contributed by atoms with Crippen LogP contribution in [0.2, 0.25) is 0 Å². The Balaban J connectivity index is 1.56. The highest BCUT2D eigenvalue weighted by Gasteiger charge is 2.17. The number of hydrogen-bond donors (Lipinski definition) is 2. The molecule has 164 valence electrons. The van der Waals surface area contributed by atoms with Crippen LogP contribution in [-0.2, 0) is 0 Å². The summed E-state index contributed by atoms with van der Waals surface area (Å²) in [5.41, 5.74) is 4.29. The Labute approximate surface area is 184 Å². The minimum atomic E-state index is -0.444. The maximum absolute atomic E-state index is 10.9. The number of hydrogen-bond acceptors (Lipinski definition) is 10. The van der Waals surface area contributed by atoms with Crippen LogP contribution in [0.15, 0.2) is 53.6 Å². The molecule has 0 spiro atoms. The predicted molar refractivity (Wildman–Crippen MR) is 122 cm³/mol. The smallest absolute Gasteiger partial charge is 0.269 e. The first-order chi connectivity index (χ1) is 15.6. The van der Waals surface area contributed by atoms with Crippen LogP contribution in [0, 0.1) is 10.1 Å². The van der Waals surface area contributed by atoms with E-state index in [1.807, 2.05) is 24.3 Å². The van der Waals surface area contributed by atoms with Gasteiger partial charge in [0, 0.05) is 36.5 Å². The number of benzene rings is 2. The highest BCUT2D eigenvalue weighted by Crippen LogP contribution is 2.22. The summed E-state index contributed by atoms with van der Waals surface area (Å²) in [5, 5.41) is 18.2. The molecule has 4 rings (SSSR count). The number of nitrogens with zero attached hydrogens (tertiary/aromatic N) is 6. The number of nitro groups is 1. The van der Waals surface area contributed by atoms with E-state index in [0.29, 0.717) is 23.3 Å². The minimum absolute atomic E-state index is 0.0111. The van der Waals surface area contributed by atoms with Crippen molar-refractivity contribution in [3.63, 3.8) is 0 Å². The fraction of sp³-hybridized carbons (Fsp3) is 0.238. The molecule has 2 heterocycles. The summed E-state index contributed by atoms with van der Waals surface area (Å²) in [6, 6.07) is 13.5. The average Bonchev–Trinajstić information content (AvgIpc) is 3.35. The Morgan fingerprint density at radius 3 is 2.50 bits per heavy atom. The van der Waals surface area contributed by atoms with Gasteiger partial charge < -0.3 is 15.0 Å². The van der Waals surface area contributed by atoms with Gasteiger partial charge in [-0.3, -0.25) is 10.1 Å². The number of ether oxygens (including phenoxy) is 1. The summed E-state index contributed by atoms with van der Waals surface area (Å²) >= 11 is 0. The molecular formula is C21H22N8O3. The van der Waals surface area contributed by atoms with Gasteiger partial charge in [-0.15, -0.1) is 0 Å². The Morgan fingerprint density at radius 1 is 1.06 bits per heavy atom. The molecule has 32 heavy (non-hydrogen) atoms. The third kappa shape index (κ3) is 5.06. The standard InChI is InChI=1S/C21H22N8O3/c1-32-18-7-3-2-6-15(18)14-22-27-20-24-19(25-21(26-20)28-12-4-5-13-28)23-16-8-10-17(11-9-16)29(30)31/h2-3,6-11,14H,4-5,12-13H2,1H3,(H2,23,24,25,26,27). The molecule has 1 fully saturated rings. The number of rotatable bonds is 8. The van der Waals surface area contributed by atoms with E-state index in [9.17, 15) is 10.1 Å². The van der Waals surface area contributed by atoms with E-state index < -0.39 is 4.92 Å². The lowest BCUT2D eigenvalue weighted by atomic mass is 10.2. The maximum atomic E-state index is 10.9. The van der Waals surface area contributed by atoms with Gasteiger partial charge in [0.2, 0.25) is 17.8 Å². The first-order valence-electron chi connectivity index (χ1n) is 10.1. The zero-order valence-electron chi connectivity index (χ0n) is 17.4. The van der Waals surface area contributed by atoms with Crippen LogP contribution < -0.4 is 20.4 Å². The van der Waals surface area contributed by atoms with Gasteiger partial charge in [-0.05, 0) is 37.1 Å². The number of methoxy groups -OCH3 is 1. The zero-order chi connectivity index (χ0) is 22.3. The van der Waals surface area contributed by atoms with Crippen molar-refractivity contribution in [2.24, 2.45) is 5.10 Å². The van der Waals surface area contributed by atoms with Gasteiger partial charge in [0.15, 0.2) is 0 Å². The summed E-state index contributed by atoms with van der Waals surface area (Å²) in [6.07, 6.45) is 3.78. The molecule has 3 aromatic rings. The fourth-order valence-electron chi connectivity index (χ4n) is 3.26. The Morgan fingerprint density at radius 2 is 1.78 bits per heavy atom. The van der Waals surface area contributed by atoms with Crippen LogP contribution in [0.5, 0.6) is 5.75 Å². The Kier molecular flexibility index (Phi) is 6.35. The summed E-state index contributed by atoms with van der Waals surface area (Å²) < 4.78 is 5.32. The molecule has 1 aliphatic rings. The van der Waals surface area contributed by atoms with Crippen LogP contribution in [-0.4, -0.2) is 46.3 Å². The molecular weight excluding hydrogens is 412 g/mol. The molecule has 0 radical (unpaired) electrons. The van der Waals surface area contributed by atoms with Crippen LogP contribution in [0.4, 0.5) is 29.2 Å². The van der Waals surface area contributed by atoms with Crippen molar-refractivity contribution in [3.05, 3.63) is 64.2 Å². The van der Waals surface area contributed by atoms with Crippen molar-refractivity contribution >= 4 is 35.4 Å². The van der Waals surface area contributed by atoms with Crippen LogP contribution in [0.1, 0.15) is 18.4 Å². The number of aromatic nitrogens is 3. The number of hydrazone groups is 1. The highest BCUT2D eigenvalue weighted by atomic mass is 16.6. The lowest BCUT2D eigenvalue weighted by Gasteiger charge is -2.16. The highest BCUT2D eigenvalue weighted by molar-refractivity contribution is 5.83. The average molecular weight is 434 g/mol. The third-order valence-electron chi connectivity index (χ3n) is 4.85. The molecule has 1 saturated heterocycles. The van der Waals surface area contributed by atoms with Gasteiger partial charge in [-0.25, -0.2) is 5.43 Å². The summed E-state index contributed by atoms with van der Waals surface area (Å²) in [5.74, 6) is 1.83. The number of anilines is 4. The lowest BCUT2D eigenvalue weighted by molar-refractivity contribution is -0.384. The maximum Gasteiger partial charge on any atom is 0.269 e. The van der Waals surface area contributed by atoms with Gasteiger partial charge in [0.1, 0.15) is 5.75 Å². The van der Waals surface area contributed by atoms with E-state index in [-0.39, 0.29) is 11.6 Å². The third-order valence-corrected chi connectivity index (χ3v) is 4.85. The molecule has 0 amide bonds. The molecule has 0 aliphatic carbocycles. The van der Waals surface area contributed by atoms with Crippen LogP contribution in [0.25, 0.3) is 0 Å². The van der Waals surface area contributed by atoms with E-state index in [4.69, 9.17) is 4.74 Å². The van der Waals surface area contributed by atoms with Gasteiger partial charge in [-0.2, -0.15) is 20.1 Å². The van der Waals surface area contributed by atoms with Crippen molar-refractivity contribution in [1.82, 2.24) is 15.0 Å². The second-order valence-corrected chi connectivity index (χ2v) is 7.02. The normalized spacial score (nSPS) is 13.3. The van der Waals surface area contributed by atoms with E-state index in [1.165, 1.54) is 12.1 Å². The van der Waals surface area contributed by atoms with E-state index in [0.717, 1.165) is 31.5 Å². The van der Waals surface area contributed by atoms with Gasteiger partial charge >= 0.3 is 0 Å². The first-order valence-corrected chi connectivity index (χ1v) is 10.1. The number of nitrogens with one attached hydrogen (secondary N) is 2. The van der Waals surface area contributed by atoms with Crippen molar-refractivity contribution in [1.29, 1.82) is 0 Å². The van der Waals surface area contributed by atoms with Crippen molar-refractivity contribution in [3.8, 4) is 5.75 Å².